The Morgan fingerprint density at radius 1 is 0.404 bits per heavy atom. The summed E-state index contributed by atoms with van der Waals surface area (Å²) in [5, 5.41) is 0. The molecule has 0 aromatic heterocycles. The zero-order valence-electron chi connectivity index (χ0n) is 26.1. The first-order valence-corrected chi connectivity index (χ1v) is 16.5. The first kappa shape index (κ1) is 27.5. The van der Waals surface area contributed by atoms with E-state index >= 15 is 0 Å². The molecule has 224 valence electrons. The summed E-state index contributed by atoms with van der Waals surface area (Å²) in [6, 6.07) is 64.4. The molecule has 0 bridgehead atoms. The van der Waals surface area contributed by atoms with Crippen molar-refractivity contribution in [1.82, 2.24) is 0 Å². The molecule has 2 aliphatic heterocycles. The molecule has 0 saturated carbocycles. The summed E-state index contributed by atoms with van der Waals surface area (Å²) in [5.74, 6) is 0. The van der Waals surface area contributed by atoms with Gasteiger partial charge in [0.15, 0.2) is 0 Å². The molecule has 0 N–H and O–H groups in total. The fraction of sp³-hybridized carbons (Fsp3) is 0.0667. The lowest BCUT2D eigenvalue weighted by Crippen LogP contribution is -2.22. The van der Waals surface area contributed by atoms with Gasteiger partial charge >= 0.3 is 0 Å². The van der Waals surface area contributed by atoms with Crippen molar-refractivity contribution in [3.8, 4) is 33.4 Å². The summed E-state index contributed by atoms with van der Waals surface area (Å²) >= 11 is 0. The van der Waals surface area contributed by atoms with Gasteiger partial charge in [-0.05, 0) is 100 Å². The monoisotopic (exact) mass is 602 g/mol. The van der Waals surface area contributed by atoms with Gasteiger partial charge in [0, 0.05) is 34.4 Å². The van der Waals surface area contributed by atoms with Gasteiger partial charge < -0.3 is 9.80 Å². The van der Waals surface area contributed by atoms with E-state index in [-0.39, 0.29) is 0 Å². The topological polar surface area (TPSA) is 6.48 Å². The minimum atomic E-state index is 0.534. The second-order valence-electron chi connectivity index (χ2n) is 12.6. The highest BCUT2D eigenvalue weighted by Gasteiger charge is 2.36. The molecule has 2 aliphatic rings. The Kier molecular flexibility index (Phi) is 6.71. The number of nitrogens with zero attached hydrogens (tertiary/aromatic N) is 2. The van der Waals surface area contributed by atoms with Crippen LogP contribution in [0.15, 0.2) is 176 Å². The summed E-state index contributed by atoms with van der Waals surface area (Å²) in [5.41, 5.74) is 16.4. The van der Waals surface area contributed by atoms with Crippen LogP contribution in [0.5, 0.6) is 0 Å². The normalized spacial score (nSPS) is 14.4. The van der Waals surface area contributed by atoms with E-state index in [1.165, 1.54) is 55.9 Å². The lowest BCUT2D eigenvalue weighted by Gasteiger charge is -2.28. The predicted molar refractivity (Wildman–Crippen MR) is 197 cm³/mol. The first-order valence-electron chi connectivity index (χ1n) is 16.5. The minimum absolute atomic E-state index is 0.534. The van der Waals surface area contributed by atoms with Crippen molar-refractivity contribution in [3.05, 3.63) is 187 Å². The van der Waals surface area contributed by atoms with E-state index in [1.54, 1.807) is 0 Å². The predicted octanol–water partition coefficient (Wildman–Crippen LogP) is 11.8. The number of benzene rings is 7. The molecular formula is C45H34N2. The van der Waals surface area contributed by atoms with Crippen molar-refractivity contribution in [2.24, 2.45) is 0 Å². The molecule has 0 spiro atoms. The Hall–Kier alpha value is -5.86. The van der Waals surface area contributed by atoms with Crippen molar-refractivity contribution < 1.29 is 0 Å². The SMILES string of the molecule is c1ccc(-c2ccc(N(c3ccc(-c4ccc5c(c4)CC4Cc6ccccc6N54)cc3)c3ccccc3-c3ccccc3)cc2)cc1. The van der Waals surface area contributed by atoms with Crippen molar-refractivity contribution in [3.63, 3.8) is 0 Å². The third-order valence-electron chi connectivity index (χ3n) is 9.79. The largest absolute Gasteiger partial charge is 0.337 e. The zero-order valence-corrected chi connectivity index (χ0v) is 26.1. The van der Waals surface area contributed by atoms with Gasteiger partial charge in [0.1, 0.15) is 0 Å². The fourth-order valence-electron chi connectivity index (χ4n) is 7.56. The molecule has 7 aromatic rings. The maximum absolute atomic E-state index is 2.56. The molecule has 1 atom stereocenters. The van der Waals surface area contributed by atoms with Crippen LogP contribution < -0.4 is 9.80 Å². The molecule has 2 heterocycles. The number of anilines is 5. The van der Waals surface area contributed by atoms with Crippen LogP contribution in [-0.2, 0) is 12.8 Å². The number of para-hydroxylation sites is 2. The van der Waals surface area contributed by atoms with Crippen LogP contribution in [0.1, 0.15) is 11.1 Å². The van der Waals surface area contributed by atoms with E-state index in [1.807, 2.05) is 0 Å². The van der Waals surface area contributed by atoms with E-state index in [4.69, 9.17) is 0 Å². The van der Waals surface area contributed by atoms with E-state index in [9.17, 15) is 0 Å². The molecule has 7 aromatic carbocycles. The third-order valence-corrected chi connectivity index (χ3v) is 9.79. The Balaban J connectivity index is 1.09. The molecule has 9 rings (SSSR count). The Labute approximate surface area is 276 Å². The second kappa shape index (κ2) is 11.5. The van der Waals surface area contributed by atoms with Gasteiger partial charge in [-0.3, -0.25) is 0 Å². The molecule has 0 aliphatic carbocycles. The van der Waals surface area contributed by atoms with Gasteiger partial charge in [-0.1, -0.05) is 127 Å². The maximum atomic E-state index is 2.56. The molecular weight excluding hydrogens is 569 g/mol. The summed E-state index contributed by atoms with van der Waals surface area (Å²) in [4.78, 5) is 4.94. The van der Waals surface area contributed by atoms with Gasteiger partial charge in [0.25, 0.3) is 0 Å². The zero-order chi connectivity index (χ0) is 31.2. The van der Waals surface area contributed by atoms with Crippen LogP contribution in [0.25, 0.3) is 33.4 Å². The first-order chi connectivity index (χ1) is 23.3. The van der Waals surface area contributed by atoms with Crippen molar-refractivity contribution in [2.45, 2.75) is 18.9 Å². The highest BCUT2D eigenvalue weighted by Crippen LogP contribution is 2.47. The average molecular weight is 603 g/mol. The van der Waals surface area contributed by atoms with E-state index in [0.29, 0.717) is 6.04 Å². The average Bonchev–Trinajstić information content (AvgIpc) is 3.69. The molecule has 47 heavy (non-hydrogen) atoms. The Bertz CT molecular complexity index is 2190. The molecule has 0 radical (unpaired) electrons. The number of rotatable bonds is 6. The molecule has 0 saturated heterocycles. The summed E-state index contributed by atoms with van der Waals surface area (Å²) in [7, 11) is 0. The molecule has 0 amide bonds. The van der Waals surface area contributed by atoms with Crippen LogP contribution in [-0.4, -0.2) is 6.04 Å². The minimum Gasteiger partial charge on any atom is -0.337 e. The molecule has 2 nitrogen and oxygen atoms in total. The van der Waals surface area contributed by atoms with E-state index < -0.39 is 0 Å². The lowest BCUT2D eigenvalue weighted by molar-refractivity contribution is 0.725. The summed E-state index contributed by atoms with van der Waals surface area (Å²) in [6.07, 6.45) is 2.22. The quantitative estimate of drug-likeness (QED) is 0.187. The van der Waals surface area contributed by atoms with Crippen LogP contribution in [0, 0.1) is 0 Å². The summed E-state index contributed by atoms with van der Waals surface area (Å²) in [6.45, 7) is 0. The lowest BCUT2D eigenvalue weighted by atomic mass is 9.98. The van der Waals surface area contributed by atoms with Crippen molar-refractivity contribution in [1.29, 1.82) is 0 Å². The summed E-state index contributed by atoms with van der Waals surface area (Å²) < 4.78 is 0. The van der Waals surface area contributed by atoms with E-state index in [2.05, 4.69) is 186 Å². The van der Waals surface area contributed by atoms with Gasteiger partial charge in [0.05, 0.1) is 5.69 Å². The van der Waals surface area contributed by atoms with E-state index in [0.717, 1.165) is 29.9 Å². The standard InChI is InChI=1S/C45H34N2/c1-3-11-32(12-4-1)33-19-24-39(25-20-33)46(45-18-10-8-16-42(45)35-13-5-2-6-14-35)40-26-21-34(22-27-40)36-23-28-44-38(29-36)31-41-30-37-15-7-9-17-43(37)47(41)44/h1-29,41H,30-31H2. The molecule has 2 heteroatoms. The number of hydrogen-bond donors (Lipinski definition) is 0. The Morgan fingerprint density at radius 3 is 1.64 bits per heavy atom. The number of hydrogen-bond acceptors (Lipinski definition) is 2. The van der Waals surface area contributed by atoms with Crippen LogP contribution in [0.4, 0.5) is 28.4 Å². The van der Waals surface area contributed by atoms with Crippen molar-refractivity contribution >= 4 is 28.4 Å². The van der Waals surface area contributed by atoms with Gasteiger partial charge in [-0.2, -0.15) is 0 Å². The Morgan fingerprint density at radius 2 is 0.915 bits per heavy atom. The van der Waals surface area contributed by atoms with Crippen LogP contribution >= 0.6 is 0 Å². The fourth-order valence-corrected chi connectivity index (χ4v) is 7.56. The van der Waals surface area contributed by atoms with Gasteiger partial charge in [-0.25, -0.2) is 0 Å². The smallest absolute Gasteiger partial charge is 0.0540 e. The van der Waals surface area contributed by atoms with Crippen LogP contribution in [0.2, 0.25) is 0 Å². The van der Waals surface area contributed by atoms with Crippen LogP contribution in [0.3, 0.4) is 0 Å². The molecule has 1 unspecified atom stereocenters. The van der Waals surface area contributed by atoms with Gasteiger partial charge in [0.2, 0.25) is 0 Å². The second-order valence-corrected chi connectivity index (χ2v) is 12.6. The molecule has 0 fully saturated rings. The highest BCUT2D eigenvalue weighted by molar-refractivity contribution is 5.89. The number of fused-ring (bicyclic) bond motifs is 5. The highest BCUT2D eigenvalue weighted by atomic mass is 15.2. The van der Waals surface area contributed by atoms with Gasteiger partial charge in [-0.15, -0.1) is 0 Å². The maximum Gasteiger partial charge on any atom is 0.0540 e. The van der Waals surface area contributed by atoms with Crippen molar-refractivity contribution in [2.75, 3.05) is 9.80 Å². The third kappa shape index (κ3) is 4.90.